The van der Waals surface area contributed by atoms with Crippen LogP contribution in [0.3, 0.4) is 0 Å². The molecule has 2 rings (SSSR count). The molecule has 1 heterocycles. The van der Waals surface area contributed by atoms with Gasteiger partial charge in [0.25, 0.3) is 0 Å². The van der Waals surface area contributed by atoms with Gasteiger partial charge >= 0.3 is 0 Å². The fourth-order valence-electron chi connectivity index (χ4n) is 2.94. The van der Waals surface area contributed by atoms with E-state index >= 15 is 0 Å². The van der Waals surface area contributed by atoms with Crippen LogP contribution in [0, 0.1) is 6.92 Å². The van der Waals surface area contributed by atoms with Gasteiger partial charge in [-0.1, -0.05) is 18.2 Å². The first kappa shape index (κ1) is 14.5. The summed E-state index contributed by atoms with van der Waals surface area (Å²) in [6.45, 7) is 9.81. The average molecular weight is 261 g/mol. The second kappa shape index (κ2) is 6.51. The van der Waals surface area contributed by atoms with E-state index in [1.807, 2.05) is 0 Å². The molecule has 0 radical (unpaired) electrons. The predicted octanol–water partition coefficient (Wildman–Crippen LogP) is 1.98. The highest BCUT2D eigenvalue weighted by Crippen LogP contribution is 2.17. The smallest absolute Gasteiger partial charge is 0.0239 e. The van der Waals surface area contributed by atoms with Crippen molar-refractivity contribution in [2.24, 2.45) is 5.73 Å². The van der Waals surface area contributed by atoms with Crippen molar-refractivity contribution in [2.75, 3.05) is 26.7 Å². The van der Waals surface area contributed by atoms with Crippen LogP contribution < -0.4 is 5.73 Å². The van der Waals surface area contributed by atoms with E-state index in [1.165, 1.54) is 42.7 Å². The third-order valence-corrected chi connectivity index (χ3v) is 4.20. The first-order chi connectivity index (χ1) is 9.10. The largest absolute Gasteiger partial charge is 0.326 e. The number of nitrogens with zero attached hydrogens (tertiary/aromatic N) is 2. The Morgan fingerprint density at radius 3 is 2.79 bits per heavy atom. The molecular formula is C16H27N3. The normalized spacial score (nSPS) is 22.4. The van der Waals surface area contributed by atoms with Gasteiger partial charge in [0.1, 0.15) is 0 Å². The topological polar surface area (TPSA) is 32.5 Å². The molecule has 106 valence electrons. The van der Waals surface area contributed by atoms with Gasteiger partial charge in [-0.2, -0.15) is 0 Å². The minimum Gasteiger partial charge on any atom is -0.326 e. The van der Waals surface area contributed by atoms with Gasteiger partial charge in [-0.15, -0.1) is 0 Å². The molecule has 0 amide bonds. The predicted molar refractivity (Wildman–Crippen MR) is 81.1 cm³/mol. The van der Waals surface area contributed by atoms with Crippen molar-refractivity contribution in [3.8, 4) is 0 Å². The van der Waals surface area contributed by atoms with Gasteiger partial charge in [0.2, 0.25) is 0 Å². The third-order valence-electron chi connectivity index (χ3n) is 4.20. The second-order valence-electron chi connectivity index (χ2n) is 5.90. The van der Waals surface area contributed by atoms with Gasteiger partial charge in [0, 0.05) is 32.2 Å². The maximum atomic E-state index is 5.70. The Kier molecular flexibility index (Phi) is 4.97. The fourth-order valence-corrected chi connectivity index (χ4v) is 2.94. The van der Waals surface area contributed by atoms with Crippen LogP contribution in [-0.2, 0) is 13.1 Å². The SMILES string of the molecule is Cc1cc(CN)ccc1CN1CCCN(C)CC1C. The van der Waals surface area contributed by atoms with Gasteiger partial charge in [0.15, 0.2) is 0 Å². The number of likely N-dealkylation sites (N-methyl/N-ethyl adjacent to an activating group) is 1. The molecule has 0 spiro atoms. The average Bonchev–Trinajstić information content (AvgIpc) is 2.53. The van der Waals surface area contributed by atoms with E-state index in [1.54, 1.807) is 0 Å². The Balaban J connectivity index is 2.07. The summed E-state index contributed by atoms with van der Waals surface area (Å²) in [6, 6.07) is 7.26. The molecule has 1 unspecified atom stereocenters. The van der Waals surface area contributed by atoms with Crippen molar-refractivity contribution in [3.05, 3.63) is 34.9 Å². The Morgan fingerprint density at radius 2 is 2.11 bits per heavy atom. The number of aryl methyl sites for hydroxylation is 1. The highest BCUT2D eigenvalue weighted by molar-refractivity contribution is 5.31. The van der Waals surface area contributed by atoms with Crippen LogP contribution in [0.25, 0.3) is 0 Å². The summed E-state index contributed by atoms with van der Waals surface area (Å²) in [6.07, 6.45) is 1.26. The molecule has 1 aliphatic heterocycles. The first-order valence-corrected chi connectivity index (χ1v) is 7.31. The molecule has 1 aromatic carbocycles. The molecule has 1 atom stereocenters. The van der Waals surface area contributed by atoms with E-state index in [0.717, 1.165) is 6.54 Å². The Morgan fingerprint density at radius 1 is 1.32 bits per heavy atom. The van der Waals surface area contributed by atoms with Crippen LogP contribution in [0.15, 0.2) is 18.2 Å². The maximum Gasteiger partial charge on any atom is 0.0239 e. The number of hydrogen-bond donors (Lipinski definition) is 1. The van der Waals surface area contributed by atoms with Crippen molar-refractivity contribution < 1.29 is 0 Å². The number of nitrogens with two attached hydrogens (primary N) is 1. The van der Waals surface area contributed by atoms with Crippen LogP contribution >= 0.6 is 0 Å². The van der Waals surface area contributed by atoms with Crippen LogP contribution in [0.2, 0.25) is 0 Å². The summed E-state index contributed by atoms with van der Waals surface area (Å²) in [5.74, 6) is 0. The van der Waals surface area contributed by atoms with Crippen molar-refractivity contribution >= 4 is 0 Å². The maximum absolute atomic E-state index is 5.70. The molecule has 1 saturated heterocycles. The Hall–Kier alpha value is -0.900. The summed E-state index contributed by atoms with van der Waals surface area (Å²) < 4.78 is 0. The van der Waals surface area contributed by atoms with Crippen LogP contribution in [0.4, 0.5) is 0 Å². The zero-order valence-corrected chi connectivity index (χ0v) is 12.5. The highest BCUT2D eigenvalue weighted by Gasteiger charge is 2.19. The van der Waals surface area contributed by atoms with Gasteiger partial charge in [0.05, 0.1) is 0 Å². The molecule has 0 aliphatic carbocycles. The van der Waals surface area contributed by atoms with E-state index in [9.17, 15) is 0 Å². The minimum absolute atomic E-state index is 0.626. The lowest BCUT2D eigenvalue weighted by molar-refractivity contribution is 0.194. The zero-order chi connectivity index (χ0) is 13.8. The van der Waals surface area contributed by atoms with Crippen LogP contribution in [0.1, 0.15) is 30.0 Å². The molecule has 0 aromatic heterocycles. The molecule has 1 fully saturated rings. The lowest BCUT2D eigenvalue weighted by Gasteiger charge is -2.28. The van der Waals surface area contributed by atoms with E-state index < -0.39 is 0 Å². The zero-order valence-electron chi connectivity index (χ0n) is 12.5. The van der Waals surface area contributed by atoms with E-state index in [2.05, 4.69) is 48.9 Å². The van der Waals surface area contributed by atoms with Crippen molar-refractivity contribution in [1.29, 1.82) is 0 Å². The summed E-state index contributed by atoms with van der Waals surface area (Å²) in [5, 5.41) is 0. The van der Waals surface area contributed by atoms with Gasteiger partial charge in [-0.05, 0) is 50.6 Å². The molecule has 2 N–H and O–H groups in total. The lowest BCUT2D eigenvalue weighted by atomic mass is 10.0. The quantitative estimate of drug-likeness (QED) is 0.903. The summed E-state index contributed by atoms with van der Waals surface area (Å²) in [7, 11) is 2.22. The van der Waals surface area contributed by atoms with Gasteiger partial charge in [-0.3, -0.25) is 4.90 Å². The molecule has 1 aromatic rings. The molecule has 19 heavy (non-hydrogen) atoms. The lowest BCUT2D eigenvalue weighted by Crippen LogP contribution is -2.37. The van der Waals surface area contributed by atoms with Crippen molar-refractivity contribution in [1.82, 2.24) is 9.80 Å². The van der Waals surface area contributed by atoms with E-state index in [-0.39, 0.29) is 0 Å². The molecule has 3 nitrogen and oxygen atoms in total. The standard InChI is InChI=1S/C16H27N3/c1-13-9-15(10-17)5-6-16(13)12-19-8-4-7-18(3)11-14(19)2/h5-6,9,14H,4,7-8,10-12,17H2,1-3H3. The molecule has 0 bridgehead atoms. The Bertz CT molecular complexity index is 416. The summed E-state index contributed by atoms with van der Waals surface area (Å²) in [5.41, 5.74) is 9.73. The van der Waals surface area contributed by atoms with Gasteiger partial charge in [-0.25, -0.2) is 0 Å². The molecule has 1 aliphatic rings. The summed E-state index contributed by atoms with van der Waals surface area (Å²) in [4.78, 5) is 5.04. The monoisotopic (exact) mass is 261 g/mol. The number of benzene rings is 1. The van der Waals surface area contributed by atoms with Crippen LogP contribution in [-0.4, -0.2) is 42.5 Å². The van der Waals surface area contributed by atoms with Crippen LogP contribution in [0.5, 0.6) is 0 Å². The van der Waals surface area contributed by atoms with Crippen molar-refractivity contribution in [2.45, 2.75) is 39.4 Å². The first-order valence-electron chi connectivity index (χ1n) is 7.31. The molecular weight excluding hydrogens is 234 g/mol. The minimum atomic E-state index is 0.626. The molecule has 3 heteroatoms. The molecule has 0 saturated carbocycles. The van der Waals surface area contributed by atoms with Crippen molar-refractivity contribution in [3.63, 3.8) is 0 Å². The number of hydrogen-bond acceptors (Lipinski definition) is 3. The summed E-state index contributed by atoms with van der Waals surface area (Å²) >= 11 is 0. The highest BCUT2D eigenvalue weighted by atomic mass is 15.2. The number of rotatable bonds is 3. The second-order valence-corrected chi connectivity index (χ2v) is 5.90. The fraction of sp³-hybridized carbons (Fsp3) is 0.625. The van der Waals surface area contributed by atoms with Gasteiger partial charge < -0.3 is 10.6 Å². The van der Waals surface area contributed by atoms with E-state index in [4.69, 9.17) is 5.73 Å². The third kappa shape index (κ3) is 3.78. The van der Waals surface area contributed by atoms with E-state index in [0.29, 0.717) is 12.6 Å². The Labute approximate surface area is 117 Å².